The molecule has 6 heteroatoms. The number of benzene rings is 1. The van der Waals surface area contributed by atoms with Gasteiger partial charge in [0.15, 0.2) is 11.5 Å². The lowest BCUT2D eigenvalue weighted by Gasteiger charge is -2.07. The fourth-order valence-electron chi connectivity index (χ4n) is 3.55. The van der Waals surface area contributed by atoms with Gasteiger partial charge in [0.1, 0.15) is 5.75 Å². The van der Waals surface area contributed by atoms with Crippen LogP contribution in [0.1, 0.15) is 32.1 Å². The Bertz CT molecular complexity index is 928. The van der Waals surface area contributed by atoms with Crippen molar-refractivity contribution in [2.45, 2.75) is 32.1 Å². The van der Waals surface area contributed by atoms with Gasteiger partial charge >= 0.3 is 0 Å². The third-order valence-corrected chi connectivity index (χ3v) is 4.90. The molecule has 1 amide bonds. The van der Waals surface area contributed by atoms with Gasteiger partial charge in [0.05, 0.1) is 19.0 Å². The maximum absolute atomic E-state index is 12.2. The van der Waals surface area contributed by atoms with Crippen LogP contribution in [0.5, 0.6) is 5.75 Å². The first-order valence-electron chi connectivity index (χ1n) is 9.02. The van der Waals surface area contributed by atoms with Crippen molar-refractivity contribution in [1.29, 1.82) is 0 Å². The number of hydrogen-bond donors (Lipinski definition) is 1. The molecule has 4 rings (SSSR count). The number of carbonyl (C=O) groups is 1. The van der Waals surface area contributed by atoms with Gasteiger partial charge in [0.2, 0.25) is 5.91 Å². The fraction of sp³-hybridized carbons (Fsp3) is 0.350. The van der Waals surface area contributed by atoms with Crippen molar-refractivity contribution in [3.8, 4) is 17.0 Å². The second-order valence-corrected chi connectivity index (χ2v) is 6.78. The molecule has 0 radical (unpaired) electrons. The van der Waals surface area contributed by atoms with Crippen LogP contribution in [0, 0.1) is 5.92 Å². The number of anilines is 1. The normalized spacial score (nSPS) is 14.7. The number of ether oxygens (including phenoxy) is 1. The molecule has 0 unspecified atom stereocenters. The summed E-state index contributed by atoms with van der Waals surface area (Å²) in [5.41, 5.74) is 2.48. The topological polar surface area (TPSA) is 68.5 Å². The Morgan fingerprint density at radius 3 is 2.92 bits per heavy atom. The van der Waals surface area contributed by atoms with Crippen molar-refractivity contribution in [3.05, 3.63) is 42.6 Å². The van der Waals surface area contributed by atoms with Crippen LogP contribution in [0.3, 0.4) is 0 Å². The summed E-state index contributed by atoms with van der Waals surface area (Å²) in [6, 6.07) is 11.6. The standard InChI is InChI=1S/C20H22N4O2/c1-26-16-8-4-7-15(12-16)17-9-10-19-21-18(13-24(19)23-17)22-20(25)11-14-5-2-3-6-14/h4,7-10,12-14H,2-3,5-6,11H2,1H3,(H,22,25). The summed E-state index contributed by atoms with van der Waals surface area (Å²) in [5, 5.41) is 7.50. The first kappa shape index (κ1) is 16.6. The van der Waals surface area contributed by atoms with Crippen LogP contribution in [0.2, 0.25) is 0 Å². The van der Waals surface area contributed by atoms with E-state index in [1.54, 1.807) is 17.8 Å². The number of methoxy groups -OCH3 is 1. The van der Waals surface area contributed by atoms with E-state index in [0.717, 1.165) is 29.8 Å². The van der Waals surface area contributed by atoms with E-state index in [2.05, 4.69) is 15.4 Å². The number of nitrogens with one attached hydrogen (secondary N) is 1. The van der Waals surface area contributed by atoms with Gasteiger partial charge in [-0.15, -0.1) is 0 Å². The largest absolute Gasteiger partial charge is 0.497 e. The van der Waals surface area contributed by atoms with E-state index in [0.29, 0.717) is 23.8 Å². The molecular formula is C20H22N4O2. The highest BCUT2D eigenvalue weighted by molar-refractivity contribution is 5.90. The quantitative estimate of drug-likeness (QED) is 0.757. The van der Waals surface area contributed by atoms with Gasteiger partial charge in [-0.05, 0) is 43.0 Å². The minimum atomic E-state index is 0.0355. The summed E-state index contributed by atoms with van der Waals surface area (Å²) >= 11 is 0. The van der Waals surface area contributed by atoms with E-state index in [1.807, 2.05) is 36.4 Å². The first-order chi connectivity index (χ1) is 12.7. The molecule has 0 saturated heterocycles. The van der Waals surface area contributed by atoms with Crippen molar-refractivity contribution in [2.24, 2.45) is 5.92 Å². The highest BCUT2D eigenvalue weighted by Gasteiger charge is 2.19. The van der Waals surface area contributed by atoms with E-state index in [9.17, 15) is 4.79 Å². The van der Waals surface area contributed by atoms with Gasteiger partial charge in [0.25, 0.3) is 0 Å². The second-order valence-electron chi connectivity index (χ2n) is 6.78. The molecule has 1 N–H and O–H groups in total. The van der Waals surface area contributed by atoms with Crippen molar-refractivity contribution in [1.82, 2.24) is 14.6 Å². The fourth-order valence-corrected chi connectivity index (χ4v) is 3.55. The molecule has 1 aromatic carbocycles. The van der Waals surface area contributed by atoms with Crippen LogP contribution in [-0.4, -0.2) is 27.6 Å². The molecule has 2 aromatic heterocycles. The third-order valence-electron chi connectivity index (χ3n) is 4.90. The van der Waals surface area contributed by atoms with Crippen LogP contribution in [-0.2, 0) is 4.79 Å². The molecule has 1 saturated carbocycles. The van der Waals surface area contributed by atoms with E-state index >= 15 is 0 Å². The van der Waals surface area contributed by atoms with Crippen molar-refractivity contribution < 1.29 is 9.53 Å². The molecule has 26 heavy (non-hydrogen) atoms. The molecule has 1 aliphatic rings. The number of aromatic nitrogens is 3. The van der Waals surface area contributed by atoms with E-state index in [-0.39, 0.29) is 5.91 Å². The first-order valence-corrected chi connectivity index (χ1v) is 9.02. The molecule has 0 bridgehead atoms. The van der Waals surface area contributed by atoms with Crippen molar-refractivity contribution in [2.75, 3.05) is 12.4 Å². The zero-order valence-corrected chi connectivity index (χ0v) is 14.8. The molecule has 1 aliphatic carbocycles. The third kappa shape index (κ3) is 3.54. The maximum atomic E-state index is 12.2. The molecule has 0 spiro atoms. The maximum Gasteiger partial charge on any atom is 0.225 e. The number of carbonyl (C=O) groups excluding carboxylic acids is 1. The average molecular weight is 350 g/mol. The average Bonchev–Trinajstić information content (AvgIpc) is 3.30. The molecule has 0 aliphatic heterocycles. The second kappa shape index (κ2) is 7.15. The summed E-state index contributed by atoms with van der Waals surface area (Å²) in [7, 11) is 1.64. The Balaban J connectivity index is 1.52. The molecule has 2 heterocycles. The number of hydrogen-bond acceptors (Lipinski definition) is 4. The van der Waals surface area contributed by atoms with E-state index in [4.69, 9.17) is 4.74 Å². The Hall–Kier alpha value is -2.89. The van der Waals surface area contributed by atoms with Gasteiger partial charge in [0, 0.05) is 12.0 Å². The highest BCUT2D eigenvalue weighted by atomic mass is 16.5. The molecule has 134 valence electrons. The molecule has 6 nitrogen and oxygen atoms in total. The lowest BCUT2D eigenvalue weighted by molar-refractivity contribution is -0.117. The number of amides is 1. The lowest BCUT2D eigenvalue weighted by Crippen LogP contribution is -2.15. The van der Waals surface area contributed by atoms with E-state index < -0.39 is 0 Å². The Morgan fingerprint density at radius 2 is 2.12 bits per heavy atom. The monoisotopic (exact) mass is 350 g/mol. The zero-order chi connectivity index (χ0) is 17.9. The molecule has 3 aromatic rings. The number of imidazole rings is 1. The smallest absolute Gasteiger partial charge is 0.225 e. The summed E-state index contributed by atoms with van der Waals surface area (Å²) < 4.78 is 6.97. The van der Waals surface area contributed by atoms with Gasteiger partial charge < -0.3 is 10.1 Å². The van der Waals surface area contributed by atoms with Crippen LogP contribution in [0.4, 0.5) is 5.82 Å². The van der Waals surface area contributed by atoms with Gasteiger partial charge in [-0.1, -0.05) is 25.0 Å². The SMILES string of the molecule is COc1cccc(-c2ccc3nc(NC(=O)CC4CCCC4)cn3n2)c1. The van der Waals surface area contributed by atoms with E-state index in [1.165, 1.54) is 12.8 Å². The minimum Gasteiger partial charge on any atom is -0.497 e. The minimum absolute atomic E-state index is 0.0355. The summed E-state index contributed by atoms with van der Waals surface area (Å²) in [4.78, 5) is 16.6. The van der Waals surface area contributed by atoms with Gasteiger partial charge in [-0.25, -0.2) is 9.50 Å². The summed E-state index contributed by atoms with van der Waals surface area (Å²) in [6.07, 6.45) is 7.13. The Labute approximate surface area is 152 Å². The predicted molar refractivity (Wildman–Crippen MR) is 100 cm³/mol. The molecule has 0 atom stereocenters. The van der Waals surface area contributed by atoms with Crippen LogP contribution in [0.15, 0.2) is 42.6 Å². The summed E-state index contributed by atoms with van der Waals surface area (Å²) in [6.45, 7) is 0. The summed E-state index contributed by atoms with van der Waals surface area (Å²) in [5.74, 6) is 1.89. The highest BCUT2D eigenvalue weighted by Crippen LogP contribution is 2.28. The van der Waals surface area contributed by atoms with Gasteiger partial charge in [-0.3, -0.25) is 4.79 Å². The number of nitrogens with zero attached hydrogens (tertiary/aromatic N) is 3. The van der Waals surface area contributed by atoms with Crippen LogP contribution >= 0.6 is 0 Å². The van der Waals surface area contributed by atoms with Crippen molar-refractivity contribution in [3.63, 3.8) is 0 Å². The number of rotatable bonds is 5. The van der Waals surface area contributed by atoms with Crippen LogP contribution < -0.4 is 10.1 Å². The molecule has 1 fully saturated rings. The molecular weight excluding hydrogens is 328 g/mol. The zero-order valence-electron chi connectivity index (χ0n) is 14.8. The van der Waals surface area contributed by atoms with Crippen molar-refractivity contribution >= 4 is 17.4 Å². The predicted octanol–water partition coefficient (Wildman–Crippen LogP) is 3.92. The Morgan fingerprint density at radius 1 is 1.27 bits per heavy atom. The van der Waals surface area contributed by atoms with Crippen LogP contribution in [0.25, 0.3) is 16.9 Å². The lowest BCUT2D eigenvalue weighted by atomic mass is 10.0. The number of fused-ring (bicyclic) bond motifs is 1. The van der Waals surface area contributed by atoms with Gasteiger partial charge in [-0.2, -0.15) is 5.10 Å². The Kier molecular flexibility index (Phi) is 4.56.